The lowest BCUT2D eigenvalue weighted by molar-refractivity contribution is -0.141. The van der Waals surface area contributed by atoms with Crippen LogP contribution in [0.2, 0.25) is 15.1 Å². The molecule has 2 aliphatic carbocycles. The number of aromatic nitrogens is 2. The van der Waals surface area contributed by atoms with Crippen LogP contribution in [-0.4, -0.2) is 47.0 Å². The minimum Gasteiger partial charge on any atom is -0.368 e. The lowest BCUT2D eigenvalue weighted by atomic mass is 9.63. The highest BCUT2D eigenvalue weighted by molar-refractivity contribution is 6.42. The average molecular weight is 530 g/mol. The number of amides is 1. The number of halogens is 3. The first kappa shape index (κ1) is 23.3. The third kappa shape index (κ3) is 3.04. The molecule has 1 aromatic heterocycles. The van der Waals surface area contributed by atoms with Crippen LogP contribution < -0.4 is 4.90 Å². The zero-order valence-corrected chi connectivity index (χ0v) is 22.3. The van der Waals surface area contributed by atoms with E-state index in [9.17, 15) is 4.79 Å². The summed E-state index contributed by atoms with van der Waals surface area (Å²) in [5, 5.41) is 1.63. The Morgan fingerprint density at radius 2 is 1.49 bits per heavy atom. The maximum absolute atomic E-state index is 14.4. The summed E-state index contributed by atoms with van der Waals surface area (Å²) in [7, 11) is 0. The molecule has 0 radical (unpaired) electrons. The fourth-order valence-corrected chi connectivity index (χ4v) is 7.18. The van der Waals surface area contributed by atoms with Crippen LogP contribution in [0.3, 0.4) is 0 Å². The Labute approximate surface area is 220 Å². The first-order valence-corrected chi connectivity index (χ1v) is 13.2. The van der Waals surface area contributed by atoms with Crippen LogP contribution in [0.15, 0.2) is 36.4 Å². The molecule has 3 aromatic rings. The topological polar surface area (TPSA) is 49.3 Å². The van der Waals surface area contributed by atoms with Gasteiger partial charge in [0.05, 0.1) is 37.9 Å². The van der Waals surface area contributed by atoms with Crippen LogP contribution in [0.1, 0.15) is 45.0 Å². The van der Waals surface area contributed by atoms with E-state index in [4.69, 9.17) is 44.8 Å². The van der Waals surface area contributed by atoms with E-state index in [1.165, 1.54) is 0 Å². The minimum atomic E-state index is -0.706. The van der Waals surface area contributed by atoms with Gasteiger partial charge in [0.15, 0.2) is 0 Å². The zero-order chi connectivity index (χ0) is 24.8. The second kappa shape index (κ2) is 7.71. The quantitative estimate of drug-likeness (QED) is 0.393. The number of rotatable bonds is 2. The van der Waals surface area contributed by atoms with E-state index in [2.05, 4.69) is 31.7 Å². The molecule has 182 valence electrons. The number of carbonyl (C=O) groups is 1. The minimum absolute atomic E-state index is 0.171. The predicted octanol–water partition coefficient (Wildman–Crippen LogP) is 6.27. The molecule has 1 saturated carbocycles. The van der Waals surface area contributed by atoms with E-state index in [0.717, 1.165) is 53.5 Å². The van der Waals surface area contributed by atoms with E-state index >= 15 is 0 Å². The van der Waals surface area contributed by atoms with Gasteiger partial charge in [0.1, 0.15) is 0 Å². The molecule has 8 heteroatoms. The Kier molecular flexibility index (Phi) is 5.14. The van der Waals surface area contributed by atoms with Crippen molar-refractivity contribution >= 4 is 57.4 Å². The molecule has 2 fully saturated rings. The second-order valence-electron chi connectivity index (χ2n) is 10.8. The van der Waals surface area contributed by atoms with Crippen molar-refractivity contribution in [2.24, 2.45) is 5.41 Å². The normalized spacial score (nSPS) is 26.9. The van der Waals surface area contributed by atoms with E-state index in [-0.39, 0.29) is 16.7 Å². The molecule has 1 aliphatic heterocycles. The van der Waals surface area contributed by atoms with Crippen molar-refractivity contribution in [3.63, 3.8) is 0 Å². The van der Waals surface area contributed by atoms with Crippen LogP contribution in [0.5, 0.6) is 0 Å². The third-order valence-electron chi connectivity index (χ3n) is 9.18. The van der Waals surface area contributed by atoms with Crippen molar-refractivity contribution in [3.05, 3.63) is 62.9 Å². The van der Waals surface area contributed by atoms with Gasteiger partial charge in [-0.3, -0.25) is 4.79 Å². The molecular formula is C27H27Cl3N4O. The number of anilines is 1. The molecule has 35 heavy (non-hydrogen) atoms. The molecule has 1 saturated heterocycles. The van der Waals surface area contributed by atoms with Crippen molar-refractivity contribution in [1.29, 1.82) is 0 Å². The highest BCUT2D eigenvalue weighted by Crippen LogP contribution is 2.70. The predicted molar refractivity (Wildman–Crippen MR) is 142 cm³/mol. The number of hydrogen-bond acceptors (Lipinski definition) is 4. The molecule has 5 nitrogen and oxygen atoms in total. The zero-order valence-electron chi connectivity index (χ0n) is 20.0. The number of benzene rings is 2. The fraction of sp³-hybridized carbons (Fsp3) is 0.444. The largest absolute Gasteiger partial charge is 0.368 e. The van der Waals surface area contributed by atoms with Gasteiger partial charge in [0.25, 0.3) is 0 Å². The fourth-order valence-electron chi connectivity index (χ4n) is 6.68. The summed E-state index contributed by atoms with van der Waals surface area (Å²) in [6.07, 6.45) is 1.68. The molecule has 6 rings (SSSR count). The number of nitrogens with zero attached hydrogens (tertiary/aromatic N) is 4. The molecule has 2 aromatic carbocycles. The van der Waals surface area contributed by atoms with Gasteiger partial charge in [-0.2, -0.15) is 0 Å². The lowest BCUT2D eigenvalue weighted by Gasteiger charge is -2.44. The molecule has 2 atom stereocenters. The van der Waals surface area contributed by atoms with Crippen molar-refractivity contribution in [1.82, 2.24) is 14.9 Å². The summed E-state index contributed by atoms with van der Waals surface area (Å²) in [4.78, 5) is 28.9. The van der Waals surface area contributed by atoms with Gasteiger partial charge in [-0.25, -0.2) is 9.97 Å². The molecule has 3 aliphatic rings. The average Bonchev–Trinajstić information content (AvgIpc) is 3.13. The summed E-state index contributed by atoms with van der Waals surface area (Å²) < 4.78 is 0. The molecule has 1 amide bonds. The Morgan fingerprint density at radius 3 is 2.11 bits per heavy atom. The van der Waals surface area contributed by atoms with Gasteiger partial charge in [-0.1, -0.05) is 61.6 Å². The smallest absolute Gasteiger partial charge is 0.235 e. The van der Waals surface area contributed by atoms with Crippen LogP contribution in [0.4, 0.5) is 5.69 Å². The van der Waals surface area contributed by atoms with Gasteiger partial charge in [0, 0.05) is 42.3 Å². The van der Waals surface area contributed by atoms with E-state index in [1.807, 2.05) is 23.1 Å². The Morgan fingerprint density at radius 1 is 0.857 bits per heavy atom. The van der Waals surface area contributed by atoms with Crippen LogP contribution >= 0.6 is 34.8 Å². The molecule has 2 bridgehead atoms. The van der Waals surface area contributed by atoms with E-state index < -0.39 is 5.41 Å². The Bertz CT molecular complexity index is 1380. The van der Waals surface area contributed by atoms with E-state index in [0.29, 0.717) is 28.7 Å². The summed E-state index contributed by atoms with van der Waals surface area (Å²) in [5.74, 6) is 0.171. The maximum Gasteiger partial charge on any atom is 0.235 e. The second-order valence-corrected chi connectivity index (χ2v) is 12.0. The van der Waals surface area contributed by atoms with E-state index in [1.54, 1.807) is 12.1 Å². The van der Waals surface area contributed by atoms with Crippen molar-refractivity contribution < 1.29 is 4.79 Å². The Balaban J connectivity index is 1.38. The summed E-state index contributed by atoms with van der Waals surface area (Å²) in [5.41, 5.74) is 2.99. The highest BCUT2D eigenvalue weighted by atomic mass is 35.5. The first-order valence-electron chi connectivity index (χ1n) is 12.1. The number of piperazine rings is 1. The lowest BCUT2D eigenvalue weighted by Crippen LogP contribution is -2.57. The highest BCUT2D eigenvalue weighted by Gasteiger charge is 2.73. The van der Waals surface area contributed by atoms with Gasteiger partial charge < -0.3 is 9.80 Å². The number of hydrogen-bond donors (Lipinski definition) is 0. The molecule has 2 heterocycles. The van der Waals surface area contributed by atoms with Crippen molar-refractivity contribution in [2.45, 2.75) is 44.4 Å². The Hall–Kier alpha value is -2.08. The molecule has 0 N–H and O–H groups in total. The molecule has 2 unspecified atom stereocenters. The van der Waals surface area contributed by atoms with Crippen LogP contribution in [-0.2, 0) is 15.6 Å². The SMILES string of the molecule is CC12CCC(C(=O)N3CCN(c4cccc(Cl)c4)CC3)(c3nc4cc(Cl)c(Cl)cc4nc31)C2(C)C. The molecule has 0 spiro atoms. The van der Waals surface area contributed by atoms with Crippen LogP contribution in [0.25, 0.3) is 11.0 Å². The summed E-state index contributed by atoms with van der Waals surface area (Å²) in [6.45, 7) is 9.54. The monoisotopic (exact) mass is 528 g/mol. The maximum atomic E-state index is 14.4. The van der Waals surface area contributed by atoms with Gasteiger partial charge in [-0.15, -0.1) is 0 Å². The standard InChI is InChI=1S/C27H27Cl3N4O/c1-25(2)26(3)7-8-27(25,23-22(26)31-20-14-18(29)19(30)15-21(20)32-23)24(35)34-11-9-33(10-12-34)17-6-4-5-16(28)13-17/h4-6,13-15H,7-12H2,1-3H3. The number of fused-ring (bicyclic) bond motifs is 6. The third-order valence-corrected chi connectivity index (χ3v) is 10.1. The summed E-state index contributed by atoms with van der Waals surface area (Å²) in [6, 6.07) is 11.4. The number of carbonyl (C=O) groups excluding carboxylic acids is 1. The summed E-state index contributed by atoms with van der Waals surface area (Å²) >= 11 is 18.8. The van der Waals surface area contributed by atoms with Crippen LogP contribution in [0, 0.1) is 5.41 Å². The van der Waals surface area contributed by atoms with Crippen molar-refractivity contribution in [2.75, 3.05) is 31.1 Å². The van der Waals surface area contributed by atoms with Gasteiger partial charge in [-0.05, 0) is 48.6 Å². The van der Waals surface area contributed by atoms with Gasteiger partial charge >= 0.3 is 0 Å². The van der Waals surface area contributed by atoms with Crippen molar-refractivity contribution in [3.8, 4) is 0 Å². The van der Waals surface area contributed by atoms with Gasteiger partial charge in [0.2, 0.25) is 5.91 Å². The first-order chi connectivity index (χ1) is 16.6. The molecular weight excluding hydrogens is 503 g/mol.